The summed E-state index contributed by atoms with van der Waals surface area (Å²) >= 11 is 0. The number of ether oxygens (including phenoxy) is 2. The standard InChI is InChI=1S/C12H19N3O2/c1-4-5-7-17-8-6-13-11-10(2)12(16-3)15-9-14-11/h4,9H,1,5-8H2,2-3H3,(H,13,14,15). The first-order chi connectivity index (χ1) is 8.29. The number of hydrogen-bond donors (Lipinski definition) is 1. The van der Waals surface area contributed by atoms with Gasteiger partial charge in [0.05, 0.1) is 25.9 Å². The molecule has 0 aliphatic heterocycles. The molecule has 1 aromatic heterocycles. The SMILES string of the molecule is C=CCCOCCNc1ncnc(OC)c1C. The molecule has 0 saturated carbocycles. The molecule has 17 heavy (non-hydrogen) atoms. The first kappa shape index (κ1) is 13.4. The van der Waals surface area contributed by atoms with Crippen LogP contribution in [0, 0.1) is 6.92 Å². The van der Waals surface area contributed by atoms with Crippen LogP contribution in [0.4, 0.5) is 5.82 Å². The molecule has 5 nitrogen and oxygen atoms in total. The van der Waals surface area contributed by atoms with E-state index in [9.17, 15) is 0 Å². The number of rotatable bonds is 8. The number of anilines is 1. The molecule has 1 heterocycles. The highest BCUT2D eigenvalue weighted by Gasteiger charge is 2.05. The molecule has 0 aliphatic carbocycles. The Kier molecular flexibility index (Phi) is 6.03. The maximum absolute atomic E-state index is 5.38. The van der Waals surface area contributed by atoms with Gasteiger partial charge in [0.15, 0.2) is 0 Å². The highest BCUT2D eigenvalue weighted by atomic mass is 16.5. The van der Waals surface area contributed by atoms with Crippen molar-refractivity contribution in [1.29, 1.82) is 0 Å². The normalized spacial score (nSPS) is 10.0. The lowest BCUT2D eigenvalue weighted by Crippen LogP contribution is -2.12. The molecule has 0 bridgehead atoms. The second kappa shape index (κ2) is 7.62. The Bertz CT molecular complexity index is 356. The predicted octanol–water partition coefficient (Wildman–Crippen LogP) is 1.80. The number of nitrogens with one attached hydrogen (secondary N) is 1. The smallest absolute Gasteiger partial charge is 0.221 e. The third kappa shape index (κ3) is 4.40. The van der Waals surface area contributed by atoms with E-state index in [-0.39, 0.29) is 0 Å². The monoisotopic (exact) mass is 237 g/mol. The van der Waals surface area contributed by atoms with Gasteiger partial charge in [-0.15, -0.1) is 6.58 Å². The van der Waals surface area contributed by atoms with E-state index in [0.717, 1.165) is 17.8 Å². The molecule has 0 atom stereocenters. The summed E-state index contributed by atoms with van der Waals surface area (Å²) in [5.74, 6) is 1.37. The zero-order valence-corrected chi connectivity index (χ0v) is 10.4. The fourth-order valence-electron chi connectivity index (χ4n) is 1.33. The summed E-state index contributed by atoms with van der Waals surface area (Å²) in [6.45, 7) is 7.60. The third-order valence-electron chi connectivity index (χ3n) is 2.24. The largest absolute Gasteiger partial charge is 0.481 e. The molecule has 0 spiro atoms. The molecule has 5 heteroatoms. The topological polar surface area (TPSA) is 56.3 Å². The minimum absolute atomic E-state index is 0.593. The van der Waals surface area contributed by atoms with E-state index in [1.807, 2.05) is 13.0 Å². The van der Waals surface area contributed by atoms with E-state index in [2.05, 4.69) is 21.9 Å². The summed E-state index contributed by atoms with van der Waals surface area (Å²) in [6, 6.07) is 0. The average molecular weight is 237 g/mol. The summed E-state index contributed by atoms with van der Waals surface area (Å²) in [7, 11) is 1.59. The molecule has 1 N–H and O–H groups in total. The van der Waals surface area contributed by atoms with Crippen LogP contribution in [-0.4, -0.2) is 36.8 Å². The Hall–Kier alpha value is -1.62. The fourth-order valence-corrected chi connectivity index (χ4v) is 1.33. The zero-order valence-electron chi connectivity index (χ0n) is 10.4. The van der Waals surface area contributed by atoms with Gasteiger partial charge in [-0.3, -0.25) is 0 Å². The van der Waals surface area contributed by atoms with Crippen LogP contribution in [0.15, 0.2) is 19.0 Å². The van der Waals surface area contributed by atoms with Crippen LogP contribution < -0.4 is 10.1 Å². The van der Waals surface area contributed by atoms with E-state index >= 15 is 0 Å². The van der Waals surface area contributed by atoms with Gasteiger partial charge in [0.25, 0.3) is 0 Å². The van der Waals surface area contributed by atoms with Crippen molar-refractivity contribution in [3.8, 4) is 5.88 Å². The Morgan fingerprint density at radius 2 is 2.24 bits per heavy atom. The first-order valence-corrected chi connectivity index (χ1v) is 5.57. The van der Waals surface area contributed by atoms with E-state index < -0.39 is 0 Å². The minimum atomic E-state index is 0.593. The molecular weight excluding hydrogens is 218 g/mol. The second-order valence-electron chi connectivity index (χ2n) is 3.47. The van der Waals surface area contributed by atoms with Gasteiger partial charge in [0.2, 0.25) is 5.88 Å². The summed E-state index contributed by atoms with van der Waals surface area (Å²) in [5.41, 5.74) is 0.904. The Morgan fingerprint density at radius 1 is 1.41 bits per heavy atom. The quantitative estimate of drug-likeness (QED) is 0.552. The number of aromatic nitrogens is 2. The van der Waals surface area contributed by atoms with Gasteiger partial charge in [-0.2, -0.15) is 0 Å². The lowest BCUT2D eigenvalue weighted by molar-refractivity contribution is 0.149. The second-order valence-corrected chi connectivity index (χ2v) is 3.47. The molecule has 94 valence electrons. The van der Waals surface area contributed by atoms with Gasteiger partial charge < -0.3 is 14.8 Å². The van der Waals surface area contributed by atoms with Crippen molar-refractivity contribution in [2.24, 2.45) is 0 Å². The molecule has 0 unspecified atom stereocenters. The van der Waals surface area contributed by atoms with Gasteiger partial charge in [0, 0.05) is 6.54 Å². The van der Waals surface area contributed by atoms with Crippen molar-refractivity contribution < 1.29 is 9.47 Å². The predicted molar refractivity (Wildman–Crippen MR) is 67.4 cm³/mol. The average Bonchev–Trinajstić information content (AvgIpc) is 2.35. The fraction of sp³-hybridized carbons (Fsp3) is 0.500. The highest BCUT2D eigenvalue weighted by molar-refractivity contribution is 5.47. The maximum atomic E-state index is 5.38. The molecule has 0 aromatic carbocycles. The van der Waals surface area contributed by atoms with Crippen molar-refractivity contribution in [3.05, 3.63) is 24.5 Å². The lowest BCUT2D eigenvalue weighted by atomic mass is 10.3. The number of hydrogen-bond acceptors (Lipinski definition) is 5. The Labute approximate surface area is 102 Å². The lowest BCUT2D eigenvalue weighted by Gasteiger charge is -2.10. The first-order valence-electron chi connectivity index (χ1n) is 5.57. The van der Waals surface area contributed by atoms with E-state index in [4.69, 9.17) is 9.47 Å². The van der Waals surface area contributed by atoms with E-state index in [1.165, 1.54) is 6.33 Å². The molecular formula is C12H19N3O2. The van der Waals surface area contributed by atoms with Crippen LogP contribution in [0.25, 0.3) is 0 Å². The van der Waals surface area contributed by atoms with Crippen LogP contribution >= 0.6 is 0 Å². The van der Waals surface area contributed by atoms with Crippen molar-refractivity contribution >= 4 is 5.82 Å². The van der Waals surface area contributed by atoms with Crippen molar-refractivity contribution in [1.82, 2.24) is 9.97 Å². The summed E-state index contributed by atoms with van der Waals surface area (Å²) in [4.78, 5) is 8.16. The molecule has 0 aliphatic rings. The van der Waals surface area contributed by atoms with E-state index in [0.29, 0.717) is 25.6 Å². The minimum Gasteiger partial charge on any atom is -0.481 e. The number of methoxy groups -OCH3 is 1. The van der Waals surface area contributed by atoms with Crippen molar-refractivity contribution in [2.75, 3.05) is 32.2 Å². The summed E-state index contributed by atoms with van der Waals surface area (Å²) in [6.07, 6.45) is 4.19. The van der Waals surface area contributed by atoms with E-state index in [1.54, 1.807) is 7.11 Å². The number of nitrogens with zero attached hydrogens (tertiary/aromatic N) is 2. The van der Waals surface area contributed by atoms with Gasteiger partial charge >= 0.3 is 0 Å². The molecule has 0 radical (unpaired) electrons. The zero-order chi connectivity index (χ0) is 12.5. The van der Waals surface area contributed by atoms with Gasteiger partial charge in [-0.1, -0.05) is 6.08 Å². The van der Waals surface area contributed by atoms with Gasteiger partial charge in [0.1, 0.15) is 12.1 Å². The van der Waals surface area contributed by atoms with Crippen LogP contribution in [0.2, 0.25) is 0 Å². The summed E-state index contributed by atoms with van der Waals surface area (Å²) < 4.78 is 10.5. The van der Waals surface area contributed by atoms with Crippen molar-refractivity contribution in [2.45, 2.75) is 13.3 Å². The third-order valence-corrected chi connectivity index (χ3v) is 2.24. The molecule has 0 saturated heterocycles. The van der Waals surface area contributed by atoms with Gasteiger partial charge in [-0.05, 0) is 13.3 Å². The molecule has 0 amide bonds. The molecule has 1 aromatic rings. The Morgan fingerprint density at radius 3 is 2.94 bits per heavy atom. The van der Waals surface area contributed by atoms with Crippen molar-refractivity contribution in [3.63, 3.8) is 0 Å². The molecule has 1 rings (SSSR count). The highest BCUT2D eigenvalue weighted by Crippen LogP contribution is 2.19. The van der Waals surface area contributed by atoms with Crippen LogP contribution in [0.3, 0.4) is 0 Å². The molecule has 0 fully saturated rings. The van der Waals surface area contributed by atoms with Crippen LogP contribution in [0.5, 0.6) is 5.88 Å². The van der Waals surface area contributed by atoms with Crippen LogP contribution in [-0.2, 0) is 4.74 Å². The summed E-state index contributed by atoms with van der Waals surface area (Å²) in [5, 5.41) is 3.18. The van der Waals surface area contributed by atoms with Gasteiger partial charge in [-0.25, -0.2) is 9.97 Å². The maximum Gasteiger partial charge on any atom is 0.221 e. The Balaban J connectivity index is 2.34. The van der Waals surface area contributed by atoms with Crippen LogP contribution in [0.1, 0.15) is 12.0 Å².